The molecule has 0 heterocycles. The Labute approximate surface area is 110 Å². The summed E-state index contributed by atoms with van der Waals surface area (Å²) in [6, 6.07) is 4.09. The molecule has 2 nitrogen and oxygen atoms in total. The number of carbonyl (C=O) groups is 1. The molecule has 1 rings (SSSR count). The van der Waals surface area contributed by atoms with E-state index in [1.165, 1.54) is 18.2 Å². The van der Waals surface area contributed by atoms with E-state index in [2.05, 4.69) is 12.2 Å². The van der Waals surface area contributed by atoms with Crippen molar-refractivity contribution in [3.63, 3.8) is 0 Å². The highest BCUT2D eigenvalue weighted by Crippen LogP contribution is 2.19. The standard InChI is InChI=1S/C12H15ClFNOS/c1-2-3-6-17-8-12(16)15-11-7-9(13)4-5-10(11)14/h4-5,7H,2-3,6,8H2,1H3,(H,15,16). The average molecular weight is 276 g/mol. The maximum atomic E-state index is 13.3. The van der Waals surface area contributed by atoms with Gasteiger partial charge in [0, 0.05) is 5.02 Å². The molecule has 0 atom stereocenters. The number of thioether (sulfide) groups is 1. The van der Waals surface area contributed by atoms with E-state index in [1.807, 2.05) is 0 Å². The van der Waals surface area contributed by atoms with Crippen molar-refractivity contribution in [2.24, 2.45) is 0 Å². The van der Waals surface area contributed by atoms with Gasteiger partial charge in [-0.15, -0.1) is 0 Å². The van der Waals surface area contributed by atoms with E-state index in [0.29, 0.717) is 10.8 Å². The second-order valence-corrected chi connectivity index (χ2v) is 5.12. The molecule has 1 aromatic carbocycles. The summed E-state index contributed by atoms with van der Waals surface area (Å²) in [7, 11) is 0. The minimum Gasteiger partial charge on any atom is -0.323 e. The van der Waals surface area contributed by atoms with Crippen molar-refractivity contribution in [1.29, 1.82) is 0 Å². The molecule has 0 fully saturated rings. The van der Waals surface area contributed by atoms with E-state index < -0.39 is 5.82 Å². The molecule has 0 saturated carbocycles. The number of benzene rings is 1. The highest BCUT2D eigenvalue weighted by atomic mass is 35.5. The van der Waals surface area contributed by atoms with Gasteiger partial charge in [-0.25, -0.2) is 4.39 Å². The first-order valence-corrected chi connectivity index (χ1v) is 6.99. The first kappa shape index (κ1) is 14.3. The highest BCUT2D eigenvalue weighted by molar-refractivity contribution is 7.99. The van der Waals surface area contributed by atoms with Crippen LogP contribution in [0.3, 0.4) is 0 Å². The van der Waals surface area contributed by atoms with Crippen molar-refractivity contribution in [2.75, 3.05) is 16.8 Å². The Morgan fingerprint density at radius 2 is 2.29 bits per heavy atom. The first-order valence-electron chi connectivity index (χ1n) is 5.46. The molecule has 1 N–H and O–H groups in total. The summed E-state index contributed by atoms with van der Waals surface area (Å²) in [5.74, 6) is 0.613. The number of amides is 1. The fourth-order valence-corrected chi connectivity index (χ4v) is 2.26. The van der Waals surface area contributed by atoms with Gasteiger partial charge in [0.1, 0.15) is 5.82 Å². The Morgan fingerprint density at radius 1 is 1.53 bits per heavy atom. The third-order valence-electron chi connectivity index (χ3n) is 2.08. The third kappa shape index (κ3) is 5.41. The molecule has 0 aliphatic carbocycles. The molecule has 1 amide bonds. The van der Waals surface area contributed by atoms with Gasteiger partial charge < -0.3 is 5.32 Å². The molecule has 0 radical (unpaired) electrons. The number of anilines is 1. The molecule has 0 unspecified atom stereocenters. The maximum absolute atomic E-state index is 13.3. The lowest BCUT2D eigenvalue weighted by Crippen LogP contribution is -2.15. The molecule has 5 heteroatoms. The topological polar surface area (TPSA) is 29.1 Å². The SMILES string of the molecule is CCCCSCC(=O)Nc1cc(Cl)ccc1F. The lowest BCUT2D eigenvalue weighted by atomic mass is 10.3. The number of carbonyl (C=O) groups excluding carboxylic acids is 1. The number of unbranched alkanes of at least 4 members (excludes halogenated alkanes) is 1. The van der Waals surface area contributed by atoms with Crippen LogP contribution in [-0.4, -0.2) is 17.4 Å². The van der Waals surface area contributed by atoms with Crippen LogP contribution in [0, 0.1) is 5.82 Å². The van der Waals surface area contributed by atoms with Gasteiger partial charge in [0.25, 0.3) is 0 Å². The average Bonchev–Trinajstić information content (AvgIpc) is 2.29. The molecule has 0 aliphatic rings. The van der Waals surface area contributed by atoms with Gasteiger partial charge in [-0.1, -0.05) is 24.9 Å². The Balaban J connectivity index is 2.42. The van der Waals surface area contributed by atoms with Gasteiger partial charge in [-0.2, -0.15) is 11.8 Å². The van der Waals surface area contributed by atoms with Gasteiger partial charge in [0.05, 0.1) is 11.4 Å². The Morgan fingerprint density at radius 3 is 3.00 bits per heavy atom. The summed E-state index contributed by atoms with van der Waals surface area (Å²) in [6.07, 6.45) is 2.20. The smallest absolute Gasteiger partial charge is 0.234 e. The molecule has 94 valence electrons. The molecule has 0 aromatic heterocycles. The largest absolute Gasteiger partial charge is 0.323 e. The highest BCUT2D eigenvalue weighted by Gasteiger charge is 2.07. The molecule has 1 aromatic rings. The predicted octanol–water partition coefficient (Wildman–Crippen LogP) is 3.95. The first-order chi connectivity index (χ1) is 8.13. The quantitative estimate of drug-likeness (QED) is 0.797. The Hall–Kier alpha value is -0.740. The van der Waals surface area contributed by atoms with Crippen LogP contribution in [0.1, 0.15) is 19.8 Å². The van der Waals surface area contributed by atoms with Crippen molar-refractivity contribution < 1.29 is 9.18 Å². The van der Waals surface area contributed by atoms with Crippen molar-refractivity contribution in [1.82, 2.24) is 0 Å². The number of nitrogens with one attached hydrogen (secondary N) is 1. The summed E-state index contributed by atoms with van der Waals surface area (Å²) in [5.41, 5.74) is 0.138. The van der Waals surface area contributed by atoms with Crippen molar-refractivity contribution in [3.05, 3.63) is 29.0 Å². The van der Waals surface area contributed by atoms with Gasteiger partial charge in [-0.3, -0.25) is 4.79 Å². The van der Waals surface area contributed by atoms with Crippen LogP contribution in [0.5, 0.6) is 0 Å². The minimum absolute atomic E-state index is 0.138. The van der Waals surface area contributed by atoms with E-state index >= 15 is 0 Å². The lowest BCUT2D eigenvalue weighted by molar-refractivity contribution is -0.113. The predicted molar refractivity (Wildman–Crippen MR) is 72.3 cm³/mol. The van der Waals surface area contributed by atoms with Crippen LogP contribution in [0.15, 0.2) is 18.2 Å². The van der Waals surface area contributed by atoms with E-state index in [0.717, 1.165) is 18.6 Å². The van der Waals surface area contributed by atoms with Crippen LogP contribution >= 0.6 is 23.4 Å². The molecular formula is C12H15ClFNOS. The van der Waals surface area contributed by atoms with Crippen LogP contribution in [0.4, 0.5) is 10.1 Å². The minimum atomic E-state index is -0.471. The summed E-state index contributed by atoms with van der Waals surface area (Å²) in [4.78, 5) is 11.5. The Bertz CT molecular complexity index is 387. The van der Waals surface area contributed by atoms with E-state index in [1.54, 1.807) is 11.8 Å². The van der Waals surface area contributed by atoms with Gasteiger partial charge in [-0.05, 0) is 30.4 Å². The molecule has 0 aliphatic heterocycles. The molecule has 0 bridgehead atoms. The fourth-order valence-electron chi connectivity index (χ4n) is 1.19. The van der Waals surface area contributed by atoms with Crippen molar-refractivity contribution in [3.8, 4) is 0 Å². The number of hydrogen-bond acceptors (Lipinski definition) is 2. The second kappa shape index (κ2) is 7.56. The van der Waals surface area contributed by atoms with Gasteiger partial charge in [0.2, 0.25) is 5.91 Å². The van der Waals surface area contributed by atoms with E-state index in [-0.39, 0.29) is 11.6 Å². The number of rotatable bonds is 6. The van der Waals surface area contributed by atoms with Crippen molar-refractivity contribution >= 4 is 35.0 Å². The van der Waals surface area contributed by atoms with Crippen LogP contribution < -0.4 is 5.32 Å². The monoisotopic (exact) mass is 275 g/mol. The zero-order valence-electron chi connectivity index (χ0n) is 9.63. The summed E-state index contributed by atoms with van der Waals surface area (Å²) >= 11 is 7.27. The second-order valence-electron chi connectivity index (χ2n) is 3.58. The zero-order chi connectivity index (χ0) is 12.7. The Kier molecular flexibility index (Phi) is 6.37. The molecule has 0 saturated heterocycles. The van der Waals surface area contributed by atoms with Crippen molar-refractivity contribution in [2.45, 2.75) is 19.8 Å². The number of hydrogen-bond donors (Lipinski definition) is 1. The molecule has 17 heavy (non-hydrogen) atoms. The summed E-state index contributed by atoms with van der Waals surface area (Å²) < 4.78 is 13.3. The van der Waals surface area contributed by atoms with Gasteiger partial charge in [0.15, 0.2) is 0 Å². The van der Waals surface area contributed by atoms with Crippen LogP contribution in [0.2, 0.25) is 5.02 Å². The van der Waals surface area contributed by atoms with E-state index in [9.17, 15) is 9.18 Å². The fraction of sp³-hybridized carbons (Fsp3) is 0.417. The third-order valence-corrected chi connectivity index (χ3v) is 3.36. The summed E-state index contributed by atoms with van der Waals surface area (Å²) in [6.45, 7) is 2.10. The maximum Gasteiger partial charge on any atom is 0.234 e. The zero-order valence-corrected chi connectivity index (χ0v) is 11.2. The van der Waals surface area contributed by atoms with Crippen LogP contribution in [-0.2, 0) is 4.79 Å². The molecular weight excluding hydrogens is 261 g/mol. The lowest BCUT2D eigenvalue weighted by Gasteiger charge is -2.06. The summed E-state index contributed by atoms with van der Waals surface area (Å²) in [5, 5.41) is 2.91. The normalized spacial score (nSPS) is 10.3. The van der Waals surface area contributed by atoms with E-state index in [4.69, 9.17) is 11.6 Å². The molecule has 0 spiro atoms. The van der Waals surface area contributed by atoms with Crippen LogP contribution in [0.25, 0.3) is 0 Å². The van der Waals surface area contributed by atoms with Gasteiger partial charge >= 0.3 is 0 Å². The number of halogens is 2.